The van der Waals surface area contributed by atoms with Crippen molar-refractivity contribution in [1.82, 2.24) is 9.47 Å². The van der Waals surface area contributed by atoms with Crippen molar-refractivity contribution in [2.24, 2.45) is 0 Å². The Labute approximate surface area is 125 Å². The summed E-state index contributed by atoms with van der Waals surface area (Å²) in [7, 11) is 0. The molecule has 1 aromatic rings. The minimum Gasteiger partial charge on any atom is -0.339 e. The summed E-state index contributed by atoms with van der Waals surface area (Å²) in [4.78, 5) is 35.1. The van der Waals surface area contributed by atoms with Gasteiger partial charge in [-0.05, 0) is 0 Å². The van der Waals surface area contributed by atoms with Gasteiger partial charge in [0.1, 0.15) is 6.54 Å². The lowest BCUT2D eigenvalue weighted by molar-refractivity contribution is -0.385. The van der Waals surface area contributed by atoms with E-state index in [1.54, 1.807) is 0 Å². The molecule has 1 rings (SSSR count). The van der Waals surface area contributed by atoms with Gasteiger partial charge in [0.2, 0.25) is 5.91 Å². The lowest BCUT2D eigenvalue weighted by atomic mass is 10.3. The molecule has 1 amide bonds. The summed E-state index contributed by atoms with van der Waals surface area (Å²) in [5.41, 5.74) is -0.840. The summed E-state index contributed by atoms with van der Waals surface area (Å²) >= 11 is 0. The molecule has 0 aliphatic heterocycles. The van der Waals surface area contributed by atoms with Gasteiger partial charge in [-0.1, -0.05) is 0 Å². The highest BCUT2D eigenvalue weighted by Gasteiger charge is 2.16. The van der Waals surface area contributed by atoms with Crippen LogP contribution >= 0.6 is 0 Å². The van der Waals surface area contributed by atoms with E-state index in [2.05, 4.69) is 0 Å². The Hall–Kier alpha value is -3.20. The van der Waals surface area contributed by atoms with E-state index >= 15 is 0 Å². The smallest absolute Gasteiger partial charge is 0.285 e. The fourth-order valence-corrected chi connectivity index (χ4v) is 1.73. The molecule has 0 aliphatic rings. The van der Waals surface area contributed by atoms with Crippen LogP contribution in [0.4, 0.5) is 5.69 Å². The van der Waals surface area contributed by atoms with Crippen LogP contribution in [0.3, 0.4) is 0 Å². The summed E-state index contributed by atoms with van der Waals surface area (Å²) in [6, 6.07) is 5.86. The van der Waals surface area contributed by atoms with E-state index in [0.29, 0.717) is 0 Å². The highest BCUT2D eigenvalue weighted by atomic mass is 16.6. The van der Waals surface area contributed by atoms with Gasteiger partial charge in [-0.3, -0.25) is 24.3 Å². The first kappa shape index (κ1) is 16.9. The van der Waals surface area contributed by atoms with Crippen molar-refractivity contribution in [3.63, 3.8) is 0 Å². The van der Waals surface area contributed by atoms with Crippen molar-refractivity contribution >= 4 is 11.6 Å². The Morgan fingerprint density at radius 3 is 2.36 bits per heavy atom. The molecule has 0 fully saturated rings. The standard InChI is InChI=1S/C13H13N5O4/c14-5-1-7-16(8-2-6-15)13(20)10-17-9-11(18(21)22)3-4-12(17)19/h3-4,9H,1-2,7-8,10H2. The average Bonchev–Trinajstić information content (AvgIpc) is 2.49. The van der Waals surface area contributed by atoms with Gasteiger partial charge in [0.25, 0.3) is 11.2 Å². The number of hydrogen-bond donors (Lipinski definition) is 0. The highest BCUT2D eigenvalue weighted by molar-refractivity contribution is 5.76. The Morgan fingerprint density at radius 1 is 1.27 bits per heavy atom. The lowest BCUT2D eigenvalue weighted by Gasteiger charge is -2.20. The van der Waals surface area contributed by atoms with E-state index in [9.17, 15) is 19.7 Å². The van der Waals surface area contributed by atoms with Crippen LogP contribution in [-0.4, -0.2) is 33.4 Å². The SMILES string of the molecule is N#CCCN(CCC#N)C(=O)Cn1cc([N+](=O)[O-])ccc1=O. The second-order valence-corrected chi connectivity index (χ2v) is 4.31. The topological polar surface area (TPSA) is 133 Å². The van der Waals surface area contributed by atoms with Crippen molar-refractivity contribution < 1.29 is 9.72 Å². The molecule has 9 nitrogen and oxygen atoms in total. The molecule has 0 saturated heterocycles. The van der Waals surface area contributed by atoms with Crippen molar-refractivity contribution in [2.45, 2.75) is 19.4 Å². The van der Waals surface area contributed by atoms with Gasteiger partial charge in [-0.25, -0.2) is 0 Å². The molecule has 1 aromatic heterocycles. The van der Waals surface area contributed by atoms with Gasteiger partial charge < -0.3 is 4.90 Å². The van der Waals surface area contributed by atoms with Gasteiger partial charge in [0, 0.05) is 25.2 Å². The van der Waals surface area contributed by atoms with Gasteiger partial charge >= 0.3 is 0 Å². The maximum Gasteiger partial charge on any atom is 0.285 e. The van der Waals surface area contributed by atoms with Crippen LogP contribution in [0, 0.1) is 32.8 Å². The molecular formula is C13H13N5O4. The predicted octanol–water partition coefficient (Wildman–Crippen LogP) is 0.412. The minimum absolute atomic E-state index is 0.0982. The maximum atomic E-state index is 12.1. The molecule has 0 atom stereocenters. The van der Waals surface area contributed by atoms with E-state index in [-0.39, 0.29) is 38.2 Å². The molecule has 0 saturated carbocycles. The third-order valence-corrected chi connectivity index (χ3v) is 2.82. The number of carbonyl (C=O) groups excluding carboxylic acids is 1. The van der Waals surface area contributed by atoms with Crippen LogP contribution < -0.4 is 5.56 Å². The lowest BCUT2D eigenvalue weighted by Crippen LogP contribution is -2.37. The van der Waals surface area contributed by atoms with Crippen LogP contribution in [-0.2, 0) is 11.3 Å². The number of hydrogen-bond acceptors (Lipinski definition) is 6. The molecule has 114 valence electrons. The Morgan fingerprint density at radius 2 is 1.86 bits per heavy atom. The zero-order chi connectivity index (χ0) is 16.5. The monoisotopic (exact) mass is 303 g/mol. The normalized spacial score (nSPS) is 9.55. The summed E-state index contributed by atoms with van der Waals surface area (Å²) in [6.07, 6.45) is 1.19. The number of nitrogens with zero attached hydrogens (tertiary/aromatic N) is 5. The average molecular weight is 303 g/mol. The first-order chi connectivity index (χ1) is 10.5. The number of nitro groups is 1. The second-order valence-electron chi connectivity index (χ2n) is 4.31. The van der Waals surface area contributed by atoms with Crippen molar-refractivity contribution in [2.75, 3.05) is 13.1 Å². The number of amides is 1. The molecule has 0 radical (unpaired) electrons. The van der Waals surface area contributed by atoms with Gasteiger partial charge in [-0.15, -0.1) is 0 Å². The molecule has 0 aromatic carbocycles. The van der Waals surface area contributed by atoms with Gasteiger partial charge in [0.05, 0.1) is 36.1 Å². The van der Waals surface area contributed by atoms with Crippen LogP contribution in [0.2, 0.25) is 0 Å². The number of pyridine rings is 1. The Balaban J connectivity index is 2.91. The van der Waals surface area contributed by atoms with E-state index in [1.807, 2.05) is 12.1 Å². The minimum atomic E-state index is -0.663. The Kier molecular flexibility index (Phi) is 6.26. The zero-order valence-corrected chi connectivity index (χ0v) is 11.6. The maximum absolute atomic E-state index is 12.1. The number of carbonyl (C=O) groups is 1. The third-order valence-electron chi connectivity index (χ3n) is 2.82. The molecule has 0 N–H and O–H groups in total. The van der Waals surface area contributed by atoms with Crippen molar-refractivity contribution in [3.05, 3.63) is 38.8 Å². The quantitative estimate of drug-likeness (QED) is 0.529. The molecule has 0 aliphatic carbocycles. The second kappa shape index (κ2) is 8.17. The van der Waals surface area contributed by atoms with Crippen LogP contribution in [0.5, 0.6) is 0 Å². The number of aromatic nitrogens is 1. The molecule has 22 heavy (non-hydrogen) atoms. The fraction of sp³-hybridized carbons (Fsp3) is 0.385. The van der Waals surface area contributed by atoms with Crippen molar-refractivity contribution in [3.8, 4) is 12.1 Å². The molecule has 1 heterocycles. The van der Waals surface area contributed by atoms with E-state index in [0.717, 1.165) is 22.9 Å². The van der Waals surface area contributed by atoms with Crippen molar-refractivity contribution in [1.29, 1.82) is 10.5 Å². The van der Waals surface area contributed by atoms with E-state index in [4.69, 9.17) is 10.5 Å². The zero-order valence-electron chi connectivity index (χ0n) is 11.6. The van der Waals surface area contributed by atoms with E-state index < -0.39 is 16.4 Å². The highest BCUT2D eigenvalue weighted by Crippen LogP contribution is 2.07. The predicted molar refractivity (Wildman–Crippen MR) is 74.4 cm³/mol. The molecular weight excluding hydrogens is 290 g/mol. The summed E-state index contributed by atoms with van der Waals surface area (Å²) in [5.74, 6) is -0.479. The summed E-state index contributed by atoms with van der Waals surface area (Å²) in [5, 5.41) is 27.8. The third kappa shape index (κ3) is 4.72. The first-order valence-electron chi connectivity index (χ1n) is 6.36. The molecule has 0 unspecified atom stereocenters. The number of rotatable bonds is 7. The number of nitriles is 2. The first-order valence-corrected chi connectivity index (χ1v) is 6.36. The van der Waals surface area contributed by atoms with Gasteiger partial charge in [-0.2, -0.15) is 10.5 Å². The summed E-state index contributed by atoms with van der Waals surface area (Å²) < 4.78 is 0.937. The molecule has 0 bridgehead atoms. The van der Waals surface area contributed by atoms with E-state index in [1.165, 1.54) is 4.90 Å². The Bertz CT molecular complexity index is 680. The summed E-state index contributed by atoms with van der Waals surface area (Å²) in [6.45, 7) is -0.0985. The van der Waals surface area contributed by atoms with Crippen LogP contribution in [0.25, 0.3) is 0 Å². The molecule has 9 heteroatoms. The van der Waals surface area contributed by atoms with Crippen LogP contribution in [0.15, 0.2) is 23.1 Å². The fourth-order valence-electron chi connectivity index (χ4n) is 1.73. The molecule has 0 spiro atoms. The van der Waals surface area contributed by atoms with Gasteiger partial charge in [0.15, 0.2) is 0 Å². The largest absolute Gasteiger partial charge is 0.339 e. The van der Waals surface area contributed by atoms with Crippen LogP contribution in [0.1, 0.15) is 12.8 Å².